The molecule has 3 rings (SSSR count). The van der Waals surface area contributed by atoms with Crippen LogP contribution in [0.3, 0.4) is 0 Å². The molecule has 1 aliphatic heterocycles. The molecule has 0 spiro atoms. The van der Waals surface area contributed by atoms with E-state index in [-0.39, 0.29) is 24.4 Å². The van der Waals surface area contributed by atoms with E-state index in [9.17, 15) is 14.9 Å². The van der Waals surface area contributed by atoms with Crippen LogP contribution in [0.2, 0.25) is 0 Å². The number of nitriles is 1. The second-order valence-electron chi connectivity index (χ2n) is 8.69. The number of aromatic nitrogens is 2. The summed E-state index contributed by atoms with van der Waals surface area (Å²) < 4.78 is 7.25. The minimum Gasteiger partial charge on any atom is -0.459 e. The molecule has 2 aromatic rings. The summed E-state index contributed by atoms with van der Waals surface area (Å²) in [7, 11) is 0. The van der Waals surface area contributed by atoms with Crippen molar-refractivity contribution in [1.29, 1.82) is 5.26 Å². The lowest BCUT2D eigenvalue weighted by Crippen LogP contribution is -2.45. The normalized spacial score (nSPS) is 15.0. The summed E-state index contributed by atoms with van der Waals surface area (Å²) in [5.41, 5.74) is 1.98. The fourth-order valence-electron chi connectivity index (χ4n) is 3.69. The number of carbonyl (C=O) groups is 2. The number of esters is 1. The van der Waals surface area contributed by atoms with E-state index in [1.165, 1.54) is 0 Å². The number of hydrogen-bond acceptors (Lipinski definition) is 5. The average Bonchev–Trinajstić information content (AvgIpc) is 3.06. The molecule has 0 unspecified atom stereocenters. The second kappa shape index (κ2) is 8.70. The largest absolute Gasteiger partial charge is 0.459 e. The third-order valence-corrected chi connectivity index (χ3v) is 5.38. The second-order valence-corrected chi connectivity index (χ2v) is 8.69. The molecule has 158 valence electrons. The SMILES string of the molecule is Cc1nn(-c2ccccc2)c(COC(=O)C2CCN(C(=O)C(C)(C)C)CC2)c1C#N. The van der Waals surface area contributed by atoms with Gasteiger partial charge in [0.15, 0.2) is 0 Å². The van der Waals surface area contributed by atoms with Crippen molar-refractivity contribution < 1.29 is 14.3 Å². The number of amides is 1. The summed E-state index contributed by atoms with van der Waals surface area (Å²) in [6.07, 6.45) is 1.17. The van der Waals surface area contributed by atoms with Crippen LogP contribution in [-0.2, 0) is 20.9 Å². The van der Waals surface area contributed by atoms with Crippen molar-refractivity contribution in [1.82, 2.24) is 14.7 Å². The highest BCUT2D eigenvalue weighted by Gasteiger charge is 2.33. The fraction of sp³-hybridized carbons (Fsp3) is 0.478. The Hall–Kier alpha value is -3.14. The van der Waals surface area contributed by atoms with Crippen molar-refractivity contribution in [2.75, 3.05) is 13.1 Å². The molecule has 1 aliphatic rings. The minimum atomic E-state index is -0.422. The zero-order valence-corrected chi connectivity index (χ0v) is 18.0. The first-order chi connectivity index (χ1) is 14.2. The Morgan fingerprint density at radius 3 is 2.40 bits per heavy atom. The summed E-state index contributed by atoms with van der Waals surface area (Å²) in [6.45, 7) is 8.58. The van der Waals surface area contributed by atoms with Gasteiger partial charge in [-0.1, -0.05) is 39.0 Å². The molecule has 1 saturated heterocycles. The third kappa shape index (κ3) is 4.54. The number of nitrogens with zero attached hydrogens (tertiary/aromatic N) is 4. The molecule has 1 fully saturated rings. The number of para-hydroxylation sites is 1. The van der Waals surface area contributed by atoms with Crippen LogP contribution in [0.15, 0.2) is 30.3 Å². The highest BCUT2D eigenvalue weighted by Crippen LogP contribution is 2.25. The van der Waals surface area contributed by atoms with Gasteiger partial charge in [0.25, 0.3) is 0 Å². The van der Waals surface area contributed by atoms with Crippen molar-refractivity contribution in [2.24, 2.45) is 11.3 Å². The van der Waals surface area contributed by atoms with Gasteiger partial charge in [-0.25, -0.2) is 4.68 Å². The highest BCUT2D eigenvalue weighted by atomic mass is 16.5. The maximum Gasteiger partial charge on any atom is 0.309 e. The molecule has 30 heavy (non-hydrogen) atoms. The highest BCUT2D eigenvalue weighted by molar-refractivity contribution is 5.82. The Balaban J connectivity index is 1.66. The van der Waals surface area contributed by atoms with Gasteiger partial charge in [-0.2, -0.15) is 10.4 Å². The van der Waals surface area contributed by atoms with Crippen LogP contribution in [0.1, 0.15) is 50.6 Å². The standard InChI is InChI=1S/C23H28N4O3/c1-16-19(14-24)20(27(25-16)18-8-6-5-7-9-18)15-30-21(28)17-10-12-26(13-11-17)22(29)23(2,3)4/h5-9,17H,10-13,15H2,1-4H3. The molecule has 2 heterocycles. The quantitative estimate of drug-likeness (QED) is 0.724. The lowest BCUT2D eigenvalue weighted by atomic mass is 9.91. The summed E-state index contributed by atoms with van der Waals surface area (Å²) in [5, 5.41) is 14.0. The monoisotopic (exact) mass is 408 g/mol. The summed E-state index contributed by atoms with van der Waals surface area (Å²) in [5.74, 6) is -0.427. The van der Waals surface area contributed by atoms with Gasteiger partial charge in [0.2, 0.25) is 5.91 Å². The minimum absolute atomic E-state index is 0.0153. The van der Waals surface area contributed by atoms with Crippen LogP contribution < -0.4 is 0 Å². The van der Waals surface area contributed by atoms with Crippen molar-refractivity contribution in [3.8, 4) is 11.8 Å². The number of carbonyl (C=O) groups excluding carboxylic acids is 2. The molecule has 1 aromatic carbocycles. The molecule has 1 amide bonds. The zero-order valence-electron chi connectivity index (χ0n) is 18.0. The van der Waals surface area contributed by atoms with Crippen molar-refractivity contribution in [3.63, 3.8) is 0 Å². The van der Waals surface area contributed by atoms with E-state index in [1.54, 1.807) is 11.6 Å². The predicted molar refractivity (Wildman–Crippen MR) is 112 cm³/mol. The Kier molecular flexibility index (Phi) is 6.25. The number of rotatable bonds is 4. The van der Waals surface area contributed by atoms with Crippen LogP contribution >= 0.6 is 0 Å². The van der Waals surface area contributed by atoms with E-state index in [1.807, 2.05) is 56.0 Å². The van der Waals surface area contributed by atoms with Crippen molar-refractivity contribution in [3.05, 3.63) is 47.3 Å². The number of likely N-dealkylation sites (tertiary alicyclic amines) is 1. The molecule has 0 saturated carbocycles. The summed E-state index contributed by atoms with van der Waals surface area (Å²) >= 11 is 0. The Labute approximate surface area is 177 Å². The van der Waals surface area contributed by atoms with Gasteiger partial charge in [-0.05, 0) is 31.9 Å². The van der Waals surface area contributed by atoms with E-state index < -0.39 is 5.41 Å². The fourth-order valence-corrected chi connectivity index (χ4v) is 3.69. The van der Waals surface area contributed by atoms with E-state index in [0.29, 0.717) is 42.9 Å². The van der Waals surface area contributed by atoms with Gasteiger partial charge in [0.05, 0.1) is 23.0 Å². The molecule has 7 heteroatoms. The van der Waals surface area contributed by atoms with E-state index in [4.69, 9.17) is 4.74 Å². The summed E-state index contributed by atoms with van der Waals surface area (Å²) in [6, 6.07) is 11.6. The smallest absolute Gasteiger partial charge is 0.309 e. The molecule has 0 radical (unpaired) electrons. The van der Waals surface area contributed by atoms with Crippen LogP contribution in [0.25, 0.3) is 5.69 Å². The van der Waals surface area contributed by atoms with Gasteiger partial charge in [-0.15, -0.1) is 0 Å². The van der Waals surface area contributed by atoms with Gasteiger partial charge >= 0.3 is 5.97 Å². The number of piperidine rings is 1. The molecule has 0 atom stereocenters. The number of hydrogen-bond donors (Lipinski definition) is 0. The Morgan fingerprint density at radius 1 is 1.20 bits per heavy atom. The van der Waals surface area contributed by atoms with Gasteiger partial charge in [0.1, 0.15) is 18.2 Å². The van der Waals surface area contributed by atoms with Crippen molar-refractivity contribution >= 4 is 11.9 Å². The molecular weight excluding hydrogens is 380 g/mol. The van der Waals surface area contributed by atoms with E-state index >= 15 is 0 Å². The van der Waals surface area contributed by atoms with Gasteiger partial charge in [-0.3, -0.25) is 9.59 Å². The molecule has 1 aromatic heterocycles. The van der Waals surface area contributed by atoms with Crippen LogP contribution in [0.5, 0.6) is 0 Å². The first-order valence-electron chi connectivity index (χ1n) is 10.2. The third-order valence-electron chi connectivity index (χ3n) is 5.38. The Morgan fingerprint density at radius 2 is 1.83 bits per heavy atom. The molecular formula is C23H28N4O3. The van der Waals surface area contributed by atoms with Crippen LogP contribution in [-0.4, -0.2) is 39.6 Å². The topological polar surface area (TPSA) is 88.2 Å². The maximum atomic E-state index is 12.7. The van der Waals surface area contributed by atoms with Gasteiger partial charge < -0.3 is 9.64 Å². The van der Waals surface area contributed by atoms with E-state index in [0.717, 1.165) is 5.69 Å². The first kappa shape index (κ1) is 21.6. The molecule has 0 aliphatic carbocycles. The average molecular weight is 409 g/mol. The zero-order chi connectivity index (χ0) is 21.9. The first-order valence-corrected chi connectivity index (χ1v) is 10.2. The summed E-state index contributed by atoms with van der Waals surface area (Å²) in [4.78, 5) is 26.9. The lowest BCUT2D eigenvalue weighted by molar-refractivity contribution is -0.154. The molecule has 0 N–H and O–H groups in total. The van der Waals surface area contributed by atoms with E-state index in [2.05, 4.69) is 11.2 Å². The van der Waals surface area contributed by atoms with Crippen molar-refractivity contribution in [2.45, 2.75) is 47.1 Å². The maximum absolute atomic E-state index is 12.7. The number of aryl methyl sites for hydroxylation is 1. The lowest BCUT2D eigenvalue weighted by Gasteiger charge is -2.34. The Bertz CT molecular complexity index is 959. The number of benzene rings is 1. The molecule has 7 nitrogen and oxygen atoms in total. The van der Waals surface area contributed by atoms with Gasteiger partial charge in [0, 0.05) is 18.5 Å². The predicted octanol–water partition coefficient (Wildman–Crippen LogP) is 3.38. The van der Waals surface area contributed by atoms with Crippen LogP contribution in [0, 0.1) is 29.6 Å². The van der Waals surface area contributed by atoms with Crippen LogP contribution in [0.4, 0.5) is 0 Å². The molecule has 0 bridgehead atoms. The number of ether oxygens (including phenoxy) is 1.